The van der Waals surface area contributed by atoms with E-state index in [2.05, 4.69) is 18.0 Å². The highest BCUT2D eigenvalue weighted by molar-refractivity contribution is 6.06. The van der Waals surface area contributed by atoms with Crippen LogP contribution in [0.25, 0.3) is 0 Å². The van der Waals surface area contributed by atoms with Crippen molar-refractivity contribution in [2.75, 3.05) is 4.90 Å². The lowest BCUT2D eigenvalue weighted by Crippen LogP contribution is -2.36. The van der Waals surface area contributed by atoms with Crippen LogP contribution in [-0.4, -0.2) is 16.9 Å². The van der Waals surface area contributed by atoms with Gasteiger partial charge in [0, 0.05) is 17.4 Å². The predicted octanol–water partition coefficient (Wildman–Crippen LogP) is 2.98. The maximum Gasteiger partial charge on any atom is 0.277 e. The number of fused-ring (bicyclic) bond motifs is 1. The first-order valence-corrected chi connectivity index (χ1v) is 6.52. The minimum absolute atomic E-state index is 0.0128. The lowest BCUT2D eigenvalue weighted by atomic mass is 10.1. The molecular weight excluding hydrogens is 236 g/mol. The number of aromatic nitrogens is 1. The van der Waals surface area contributed by atoms with Crippen LogP contribution < -0.4 is 4.90 Å². The van der Waals surface area contributed by atoms with Crippen molar-refractivity contribution in [2.45, 2.75) is 26.3 Å². The molecule has 0 spiro atoms. The van der Waals surface area contributed by atoms with Gasteiger partial charge < -0.3 is 4.90 Å². The van der Waals surface area contributed by atoms with E-state index in [-0.39, 0.29) is 11.9 Å². The Morgan fingerprint density at radius 1 is 1.21 bits per heavy atom. The summed E-state index contributed by atoms with van der Waals surface area (Å²) in [6, 6.07) is 13.8. The first kappa shape index (κ1) is 11.9. The van der Waals surface area contributed by atoms with Crippen molar-refractivity contribution >= 4 is 11.6 Å². The van der Waals surface area contributed by atoms with Crippen molar-refractivity contribution < 1.29 is 4.79 Å². The van der Waals surface area contributed by atoms with Crippen LogP contribution in [0.15, 0.2) is 42.5 Å². The number of benzene rings is 1. The molecule has 0 N–H and O–H groups in total. The van der Waals surface area contributed by atoms with Crippen LogP contribution in [0.4, 0.5) is 5.69 Å². The molecule has 2 heterocycles. The van der Waals surface area contributed by atoms with E-state index in [1.807, 2.05) is 42.2 Å². The molecule has 19 heavy (non-hydrogen) atoms. The van der Waals surface area contributed by atoms with Gasteiger partial charge in [-0.05, 0) is 44.0 Å². The maximum absolute atomic E-state index is 12.6. The number of amides is 1. The molecule has 1 amide bonds. The summed E-state index contributed by atoms with van der Waals surface area (Å²) in [7, 11) is 0. The van der Waals surface area contributed by atoms with Gasteiger partial charge >= 0.3 is 0 Å². The van der Waals surface area contributed by atoms with E-state index in [0.29, 0.717) is 5.69 Å². The molecule has 1 aliphatic heterocycles. The van der Waals surface area contributed by atoms with Crippen molar-refractivity contribution in [3.05, 3.63) is 59.4 Å². The van der Waals surface area contributed by atoms with Crippen LogP contribution in [0, 0.1) is 6.92 Å². The van der Waals surface area contributed by atoms with Gasteiger partial charge in [-0.2, -0.15) is 0 Å². The van der Waals surface area contributed by atoms with Crippen molar-refractivity contribution in [2.24, 2.45) is 0 Å². The van der Waals surface area contributed by atoms with E-state index in [0.717, 1.165) is 17.8 Å². The number of hydrogen-bond donors (Lipinski definition) is 0. The van der Waals surface area contributed by atoms with Crippen LogP contribution in [0.2, 0.25) is 0 Å². The zero-order chi connectivity index (χ0) is 13.4. The molecule has 0 fully saturated rings. The Balaban J connectivity index is 2.01. The SMILES string of the molecule is Cc1cccc(C(=O)N2c3ccccc3CC2C)n1. The van der Waals surface area contributed by atoms with E-state index in [4.69, 9.17) is 0 Å². The molecule has 1 unspecified atom stereocenters. The quantitative estimate of drug-likeness (QED) is 0.781. The molecule has 0 saturated heterocycles. The first-order chi connectivity index (χ1) is 9.16. The third-order valence-electron chi connectivity index (χ3n) is 3.53. The average Bonchev–Trinajstić information content (AvgIpc) is 2.74. The fourth-order valence-electron chi connectivity index (χ4n) is 2.66. The highest BCUT2D eigenvalue weighted by Gasteiger charge is 2.31. The van der Waals surface area contributed by atoms with Gasteiger partial charge in [0.2, 0.25) is 0 Å². The number of hydrogen-bond acceptors (Lipinski definition) is 2. The van der Waals surface area contributed by atoms with Gasteiger partial charge in [-0.25, -0.2) is 4.98 Å². The van der Waals surface area contributed by atoms with Crippen LogP contribution >= 0.6 is 0 Å². The Labute approximate surface area is 112 Å². The standard InChI is InChI=1S/C16H16N2O/c1-11-6-5-8-14(17-11)16(19)18-12(2)10-13-7-3-4-9-15(13)18/h3-9,12H,10H2,1-2H3. The highest BCUT2D eigenvalue weighted by Crippen LogP contribution is 2.32. The van der Waals surface area contributed by atoms with E-state index < -0.39 is 0 Å². The topological polar surface area (TPSA) is 33.2 Å². The lowest BCUT2D eigenvalue weighted by molar-refractivity contribution is 0.0976. The largest absolute Gasteiger partial charge is 0.304 e. The van der Waals surface area contributed by atoms with E-state index >= 15 is 0 Å². The molecule has 1 aromatic carbocycles. The number of carbonyl (C=O) groups excluding carboxylic acids is 1. The Bertz CT molecular complexity index is 636. The monoisotopic (exact) mass is 252 g/mol. The van der Waals surface area contributed by atoms with Gasteiger partial charge in [0.25, 0.3) is 5.91 Å². The fourth-order valence-corrected chi connectivity index (χ4v) is 2.66. The molecule has 3 nitrogen and oxygen atoms in total. The van der Waals surface area contributed by atoms with Crippen molar-refractivity contribution in [1.29, 1.82) is 0 Å². The van der Waals surface area contributed by atoms with Gasteiger partial charge in [0.15, 0.2) is 0 Å². The third kappa shape index (κ3) is 2.01. The molecule has 0 radical (unpaired) electrons. The summed E-state index contributed by atoms with van der Waals surface area (Å²) in [4.78, 5) is 18.8. The molecule has 2 aromatic rings. The Hall–Kier alpha value is -2.16. The molecule has 1 aliphatic rings. The van der Waals surface area contributed by atoms with E-state index in [1.165, 1.54) is 5.56 Å². The Kier molecular flexibility index (Phi) is 2.82. The molecule has 3 heteroatoms. The molecule has 1 atom stereocenters. The van der Waals surface area contributed by atoms with Gasteiger partial charge in [-0.1, -0.05) is 24.3 Å². The third-order valence-corrected chi connectivity index (χ3v) is 3.53. The van der Waals surface area contributed by atoms with Gasteiger partial charge in [-0.3, -0.25) is 4.79 Å². The summed E-state index contributed by atoms with van der Waals surface area (Å²) in [5.41, 5.74) is 3.63. The molecule has 0 aliphatic carbocycles. The Morgan fingerprint density at radius 3 is 2.79 bits per heavy atom. The minimum atomic E-state index is -0.0128. The second-order valence-corrected chi connectivity index (χ2v) is 5.02. The number of carbonyl (C=O) groups is 1. The molecule has 1 aromatic heterocycles. The lowest BCUT2D eigenvalue weighted by Gasteiger charge is -2.22. The molecule has 0 bridgehead atoms. The predicted molar refractivity (Wildman–Crippen MR) is 75.4 cm³/mol. The smallest absolute Gasteiger partial charge is 0.277 e. The van der Waals surface area contributed by atoms with E-state index in [9.17, 15) is 4.79 Å². The normalized spacial score (nSPS) is 17.4. The summed E-state index contributed by atoms with van der Waals surface area (Å²) in [5, 5.41) is 0. The summed E-state index contributed by atoms with van der Waals surface area (Å²) in [5.74, 6) is -0.0128. The average molecular weight is 252 g/mol. The minimum Gasteiger partial charge on any atom is -0.304 e. The second kappa shape index (κ2) is 4.50. The number of anilines is 1. The fraction of sp³-hybridized carbons (Fsp3) is 0.250. The summed E-state index contributed by atoms with van der Waals surface area (Å²) in [6.45, 7) is 3.98. The van der Waals surface area contributed by atoms with Crippen LogP contribution in [0.1, 0.15) is 28.7 Å². The number of rotatable bonds is 1. The highest BCUT2D eigenvalue weighted by atomic mass is 16.2. The summed E-state index contributed by atoms with van der Waals surface area (Å²) in [6.07, 6.45) is 0.910. The van der Waals surface area contributed by atoms with Crippen LogP contribution in [-0.2, 0) is 6.42 Å². The number of aryl methyl sites for hydroxylation is 1. The second-order valence-electron chi connectivity index (χ2n) is 5.02. The molecule has 0 saturated carbocycles. The van der Waals surface area contributed by atoms with Crippen molar-refractivity contribution in [3.8, 4) is 0 Å². The van der Waals surface area contributed by atoms with E-state index in [1.54, 1.807) is 6.07 Å². The number of nitrogens with zero attached hydrogens (tertiary/aromatic N) is 2. The van der Waals surface area contributed by atoms with Gasteiger partial charge in [0.1, 0.15) is 5.69 Å². The zero-order valence-electron chi connectivity index (χ0n) is 11.1. The van der Waals surface area contributed by atoms with Gasteiger partial charge in [0.05, 0.1) is 0 Å². The molecule has 3 rings (SSSR count). The molecule has 96 valence electrons. The van der Waals surface area contributed by atoms with Gasteiger partial charge in [-0.15, -0.1) is 0 Å². The maximum atomic E-state index is 12.6. The number of pyridine rings is 1. The first-order valence-electron chi connectivity index (χ1n) is 6.52. The zero-order valence-corrected chi connectivity index (χ0v) is 11.1. The Morgan fingerprint density at radius 2 is 2.00 bits per heavy atom. The molecular formula is C16H16N2O. The van der Waals surface area contributed by atoms with Crippen LogP contribution in [0.3, 0.4) is 0 Å². The van der Waals surface area contributed by atoms with Crippen molar-refractivity contribution in [1.82, 2.24) is 4.98 Å². The summed E-state index contributed by atoms with van der Waals surface area (Å²) < 4.78 is 0. The van der Waals surface area contributed by atoms with Crippen LogP contribution in [0.5, 0.6) is 0 Å². The number of para-hydroxylation sites is 1. The summed E-state index contributed by atoms with van der Waals surface area (Å²) >= 11 is 0. The van der Waals surface area contributed by atoms with Crippen molar-refractivity contribution in [3.63, 3.8) is 0 Å².